The lowest BCUT2D eigenvalue weighted by Gasteiger charge is -2.14. The Kier molecular flexibility index (Phi) is 7.23. The summed E-state index contributed by atoms with van der Waals surface area (Å²) in [6.07, 6.45) is 3.00. The number of hydrogen-bond donors (Lipinski definition) is 1. The second-order valence-electron chi connectivity index (χ2n) is 3.98. The molecule has 0 aromatic carbocycles. The smallest absolute Gasteiger partial charge is 0.237 e. The van der Waals surface area contributed by atoms with Gasteiger partial charge in [0.25, 0.3) is 0 Å². The van der Waals surface area contributed by atoms with Gasteiger partial charge in [0.05, 0.1) is 6.07 Å². The zero-order chi connectivity index (χ0) is 11.8. The molecule has 0 aliphatic heterocycles. The summed E-state index contributed by atoms with van der Waals surface area (Å²) in [6.45, 7) is 6.56. The monoisotopic (exact) mass is 228 g/mol. The van der Waals surface area contributed by atoms with Crippen molar-refractivity contribution in [2.75, 3.05) is 12.8 Å². The summed E-state index contributed by atoms with van der Waals surface area (Å²) in [5.74, 6) is -0.580. The Bertz CT molecular complexity index is 235. The van der Waals surface area contributed by atoms with Gasteiger partial charge in [-0.15, -0.1) is 0 Å². The molecule has 0 heterocycles. The summed E-state index contributed by atoms with van der Waals surface area (Å²) >= 11 is 1.78. The topological polar surface area (TPSA) is 52.9 Å². The van der Waals surface area contributed by atoms with Gasteiger partial charge in [0.15, 0.2) is 0 Å². The van der Waals surface area contributed by atoms with Gasteiger partial charge in [0.2, 0.25) is 5.91 Å². The third kappa shape index (κ3) is 5.68. The first-order valence-corrected chi connectivity index (χ1v) is 6.51. The van der Waals surface area contributed by atoms with Gasteiger partial charge in [0, 0.05) is 11.8 Å². The van der Waals surface area contributed by atoms with E-state index in [2.05, 4.69) is 18.5 Å². The largest absolute Gasteiger partial charge is 0.355 e. The lowest BCUT2D eigenvalue weighted by atomic mass is 9.97. The predicted molar refractivity (Wildman–Crippen MR) is 64.5 cm³/mol. The minimum Gasteiger partial charge on any atom is -0.355 e. The van der Waals surface area contributed by atoms with Crippen molar-refractivity contribution in [1.29, 1.82) is 5.26 Å². The SMILES string of the molecule is CSC(C)CCNC(=O)C(C#N)C(C)C. The Balaban J connectivity index is 3.88. The summed E-state index contributed by atoms with van der Waals surface area (Å²) in [4.78, 5) is 11.5. The molecule has 0 aliphatic rings. The van der Waals surface area contributed by atoms with E-state index < -0.39 is 5.92 Å². The number of nitrogens with zero attached hydrogens (tertiary/aromatic N) is 1. The molecule has 2 unspecified atom stereocenters. The fourth-order valence-electron chi connectivity index (χ4n) is 1.14. The van der Waals surface area contributed by atoms with Gasteiger partial charge < -0.3 is 5.32 Å². The van der Waals surface area contributed by atoms with E-state index in [1.807, 2.05) is 19.9 Å². The lowest BCUT2D eigenvalue weighted by Crippen LogP contribution is -2.34. The summed E-state index contributed by atoms with van der Waals surface area (Å²) in [5.41, 5.74) is 0. The van der Waals surface area contributed by atoms with Crippen LogP contribution in [0.15, 0.2) is 0 Å². The van der Waals surface area contributed by atoms with Gasteiger partial charge in [-0.25, -0.2) is 0 Å². The van der Waals surface area contributed by atoms with Crippen LogP contribution in [0.4, 0.5) is 0 Å². The van der Waals surface area contributed by atoms with Gasteiger partial charge in [-0.05, 0) is 18.6 Å². The first kappa shape index (κ1) is 14.3. The molecule has 0 spiro atoms. The number of amides is 1. The quantitative estimate of drug-likeness (QED) is 0.757. The molecule has 0 aromatic rings. The second kappa shape index (κ2) is 7.58. The number of nitriles is 1. The van der Waals surface area contributed by atoms with Crippen LogP contribution in [0, 0.1) is 23.2 Å². The molecule has 86 valence electrons. The van der Waals surface area contributed by atoms with Crippen LogP contribution in [0.25, 0.3) is 0 Å². The maximum absolute atomic E-state index is 11.5. The molecule has 1 N–H and O–H groups in total. The second-order valence-corrected chi connectivity index (χ2v) is 5.25. The average molecular weight is 228 g/mol. The molecule has 2 atom stereocenters. The third-order valence-electron chi connectivity index (χ3n) is 2.34. The van der Waals surface area contributed by atoms with Crippen molar-refractivity contribution in [3.63, 3.8) is 0 Å². The molecular weight excluding hydrogens is 208 g/mol. The molecule has 0 saturated carbocycles. The van der Waals surface area contributed by atoms with Crippen molar-refractivity contribution in [2.24, 2.45) is 11.8 Å². The van der Waals surface area contributed by atoms with E-state index in [1.54, 1.807) is 11.8 Å². The van der Waals surface area contributed by atoms with Gasteiger partial charge in [-0.1, -0.05) is 20.8 Å². The minimum absolute atomic E-state index is 0.0768. The Labute approximate surface area is 96.6 Å². The Morgan fingerprint density at radius 2 is 2.07 bits per heavy atom. The summed E-state index contributed by atoms with van der Waals surface area (Å²) in [7, 11) is 0. The van der Waals surface area contributed by atoms with Crippen LogP contribution in [0.1, 0.15) is 27.2 Å². The molecule has 0 aliphatic carbocycles. The van der Waals surface area contributed by atoms with E-state index in [-0.39, 0.29) is 11.8 Å². The predicted octanol–water partition coefficient (Wildman–Crippen LogP) is 2.04. The van der Waals surface area contributed by atoms with Crippen LogP contribution < -0.4 is 5.32 Å². The highest BCUT2D eigenvalue weighted by molar-refractivity contribution is 7.99. The van der Waals surface area contributed by atoms with Crippen LogP contribution in [0.5, 0.6) is 0 Å². The molecule has 1 amide bonds. The van der Waals surface area contributed by atoms with E-state index in [4.69, 9.17) is 5.26 Å². The van der Waals surface area contributed by atoms with Crippen molar-refractivity contribution in [3.05, 3.63) is 0 Å². The number of rotatable bonds is 6. The first-order valence-electron chi connectivity index (χ1n) is 5.23. The van der Waals surface area contributed by atoms with Crippen LogP contribution in [0.2, 0.25) is 0 Å². The van der Waals surface area contributed by atoms with Crippen molar-refractivity contribution in [1.82, 2.24) is 5.32 Å². The standard InChI is InChI=1S/C11H20N2OS/c1-8(2)10(7-12)11(14)13-6-5-9(3)15-4/h8-10H,5-6H2,1-4H3,(H,13,14). The van der Waals surface area contributed by atoms with Gasteiger partial charge in [-0.2, -0.15) is 17.0 Å². The highest BCUT2D eigenvalue weighted by Gasteiger charge is 2.20. The molecule has 4 heteroatoms. The number of thioether (sulfide) groups is 1. The van der Waals surface area contributed by atoms with Gasteiger partial charge >= 0.3 is 0 Å². The third-order valence-corrected chi connectivity index (χ3v) is 3.38. The fraction of sp³-hybridized carbons (Fsp3) is 0.818. The molecule has 0 rings (SSSR count). The maximum Gasteiger partial charge on any atom is 0.237 e. The molecule has 0 saturated heterocycles. The number of carbonyl (C=O) groups is 1. The Hall–Kier alpha value is -0.690. The summed E-state index contributed by atoms with van der Waals surface area (Å²) in [5, 5.41) is 12.2. The highest BCUT2D eigenvalue weighted by atomic mass is 32.2. The Morgan fingerprint density at radius 3 is 2.47 bits per heavy atom. The van der Waals surface area contributed by atoms with Crippen LogP contribution in [0.3, 0.4) is 0 Å². The lowest BCUT2D eigenvalue weighted by molar-refractivity contribution is -0.124. The van der Waals surface area contributed by atoms with Gasteiger partial charge in [-0.3, -0.25) is 4.79 Å². The zero-order valence-corrected chi connectivity index (χ0v) is 10.7. The van der Waals surface area contributed by atoms with Crippen LogP contribution in [-0.4, -0.2) is 24.0 Å². The number of carbonyl (C=O) groups excluding carboxylic acids is 1. The van der Waals surface area contributed by atoms with E-state index in [0.717, 1.165) is 6.42 Å². The minimum atomic E-state index is -0.519. The van der Waals surface area contributed by atoms with Crippen LogP contribution >= 0.6 is 11.8 Å². The average Bonchev–Trinajstić information content (AvgIpc) is 2.17. The number of hydrogen-bond acceptors (Lipinski definition) is 3. The molecule has 0 bridgehead atoms. The molecule has 0 radical (unpaired) electrons. The van der Waals surface area contributed by atoms with E-state index >= 15 is 0 Å². The van der Waals surface area contributed by atoms with Crippen molar-refractivity contribution >= 4 is 17.7 Å². The molecule has 15 heavy (non-hydrogen) atoms. The zero-order valence-electron chi connectivity index (χ0n) is 9.91. The van der Waals surface area contributed by atoms with Crippen molar-refractivity contribution in [2.45, 2.75) is 32.4 Å². The normalized spacial score (nSPS) is 14.4. The molecule has 3 nitrogen and oxygen atoms in total. The van der Waals surface area contributed by atoms with E-state index in [0.29, 0.717) is 11.8 Å². The fourth-order valence-corrected chi connectivity index (χ4v) is 1.49. The summed E-state index contributed by atoms with van der Waals surface area (Å²) < 4.78 is 0. The highest BCUT2D eigenvalue weighted by Crippen LogP contribution is 2.11. The van der Waals surface area contributed by atoms with Crippen molar-refractivity contribution < 1.29 is 4.79 Å². The maximum atomic E-state index is 11.5. The van der Waals surface area contributed by atoms with Crippen LogP contribution in [-0.2, 0) is 4.79 Å². The van der Waals surface area contributed by atoms with E-state index in [1.165, 1.54) is 0 Å². The number of nitrogens with one attached hydrogen (secondary N) is 1. The molecular formula is C11H20N2OS. The van der Waals surface area contributed by atoms with Gasteiger partial charge in [0.1, 0.15) is 5.92 Å². The molecule has 0 fully saturated rings. The van der Waals surface area contributed by atoms with Crippen molar-refractivity contribution in [3.8, 4) is 6.07 Å². The molecule has 0 aromatic heterocycles. The Morgan fingerprint density at radius 1 is 1.47 bits per heavy atom. The summed E-state index contributed by atoms with van der Waals surface area (Å²) in [6, 6.07) is 2.04. The van der Waals surface area contributed by atoms with E-state index in [9.17, 15) is 4.79 Å². The first-order chi connectivity index (χ1) is 7.02.